The lowest BCUT2D eigenvalue weighted by atomic mass is 9.99. The lowest BCUT2D eigenvalue weighted by molar-refractivity contribution is -0.120. The fourth-order valence-electron chi connectivity index (χ4n) is 3.75. The Morgan fingerprint density at radius 2 is 1.70 bits per heavy atom. The molecule has 1 saturated heterocycles. The highest BCUT2D eigenvalue weighted by Crippen LogP contribution is 2.26. The Balaban J connectivity index is 1.34. The van der Waals surface area contributed by atoms with Crippen LogP contribution in [0.2, 0.25) is 0 Å². The molecule has 6 nitrogen and oxygen atoms in total. The van der Waals surface area contributed by atoms with E-state index in [9.17, 15) is 13.2 Å². The number of benzene rings is 3. The molecular formula is C25H25BrN2O4S. The van der Waals surface area contributed by atoms with Gasteiger partial charge in [-0.05, 0) is 66.9 Å². The number of halogens is 1. The molecule has 0 radical (unpaired) electrons. The lowest BCUT2D eigenvalue weighted by Gasteiger charge is -2.31. The largest absolute Gasteiger partial charge is 0.489 e. The van der Waals surface area contributed by atoms with Crippen LogP contribution in [-0.4, -0.2) is 31.7 Å². The van der Waals surface area contributed by atoms with Crippen molar-refractivity contribution in [2.75, 3.05) is 18.4 Å². The highest BCUT2D eigenvalue weighted by molar-refractivity contribution is 9.10. The van der Waals surface area contributed by atoms with Gasteiger partial charge < -0.3 is 10.1 Å². The second kappa shape index (κ2) is 10.5. The molecule has 0 unspecified atom stereocenters. The number of hydrogen-bond acceptors (Lipinski definition) is 4. The summed E-state index contributed by atoms with van der Waals surface area (Å²) in [6.07, 6.45) is 1.29. The molecular weight excluding hydrogens is 504 g/mol. The van der Waals surface area contributed by atoms with Gasteiger partial charge in [-0.2, -0.15) is 4.31 Å². The van der Waals surface area contributed by atoms with Gasteiger partial charge in [-0.1, -0.05) is 46.3 Å². The number of anilines is 1. The van der Waals surface area contributed by atoms with Crippen molar-refractivity contribution < 1.29 is 17.9 Å². The van der Waals surface area contributed by atoms with Crippen molar-refractivity contribution >= 4 is 37.5 Å². The zero-order valence-corrected chi connectivity index (χ0v) is 20.4. The quantitative estimate of drug-likeness (QED) is 0.464. The highest BCUT2D eigenvalue weighted by Gasteiger charge is 2.33. The number of ether oxygens (including phenoxy) is 1. The molecule has 1 fully saturated rings. The van der Waals surface area contributed by atoms with Crippen LogP contribution in [0.3, 0.4) is 0 Å². The predicted octanol–water partition coefficient (Wildman–Crippen LogP) is 5.07. The average Bonchev–Trinajstić information content (AvgIpc) is 2.84. The third-order valence-electron chi connectivity index (χ3n) is 5.58. The van der Waals surface area contributed by atoms with Crippen molar-refractivity contribution in [3.05, 3.63) is 88.9 Å². The Morgan fingerprint density at radius 3 is 2.39 bits per heavy atom. The summed E-state index contributed by atoms with van der Waals surface area (Å²) in [6, 6.07) is 23.6. The fourth-order valence-corrected chi connectivity index (χ4v) is 5.54. The van der Waals surface area contributed by atoms with Gasteiger partial charge in [-0.15, -0.1) is 0 Å². The van der Waals surface area contributed by atoms with E-state index in [0.29, 0.717) is 37.4 Å². The maximum absolute atomic E-state index is 13.0. The third-order valence-corrected chi connectivity index (χ3v) is 7.98. The Morgan fingerprint density at radius 1 is 1.00 bits per heavy atom. The van der Waals surface area contributed by atoms with E-state index in [4.69, 9.17) is 4.74 Å². The average molecular weight is 529 g/mol. The molecule has 1 N–H and O–H groups in total. The van der Waals surface area contributed by atoms with Crippen LogP contribution in [-0.2, 0) is 21.4 Å². The molecule has 8 heteroatoms. The van der Waals surface area contributed by atoms with Crippen LogP contribution >= 0.6 is 15.9 Å². The Bertz CT molecular complexity index is 1180. The molecule has 3 aromatic rings. The molecule has 0 spiro atoms. The zero-order chi connectivity index (χ0) is 23.3. The van der Waals surface area contributed by atoms with E-state index in [1.807, 2.05) is 42.5 Å². The van der Waals surface area contributed by atoms with Crippen LogP contribution in [0.5, 0.6) is 5.75 Å². The summed E-state index contributed by atoms with van der Waals surface area (Å²) in [4.78, 5) is 13.1. The molecule has 0 bridgehead atoms. The van der Waals surface area contributed by atoms with Gasteiger partial charge in [0.25, 0.3) is 0 Å². The lowest BCUT2D eigenvalue weighted by Crippen LogP contribution is -2.43. The maximum atomic E-state index is 13.0. The third kappa shape index (κ3) is 6.01. The number of carbonyl (C=O) groups is 1. The maximum Gasteiger partial charge on any atom is 0.243 e. The molecule has 1 atom stereocenters. The number of sulfonamides is 1. The molecule has 0 aliphatic carbocycles. The molecule has 0 saturated carbocycles. The summed E-state index contributed by atoms with van der Waals surface area (Å²) >= 11 is 3.32. The molecule has 0 aromatic heterocycles. The van der Waals surface area contributed by atoms with E-state index < -0.39 is 15.9 Å². The first-order valence-corrected chi connectivity index (χ1v) is 13.0. The van der Waals surface area contributed by atoms with Gasteiger partial charge in [-0.3, -0.25) is 4.79 Å². The normalized spacial score (nSPS) is 16.8. The van der Waals surface area contributed by atoms with Crippen molar-refractivity contribution in [3.8, 4) is 5.75 Å². The van der Waals surface area contributed by atoms with E-state index >= 15 is 0 Å². The van der Waals surface area contributed by atoms with E-state index in [2.05, 4.69) is 21.2 Å². The highest BCUT2D eigenvalue weighted by atomic mass is 79.9. The second-order valence-corrected chi connectivity index (χ2v) is 10.8. The first-order valence-electron chi connectivity index (χ1n) is 10.8. The minimum atomic E-state index is -3.64. The molecule has 33 heavy (non-hydrogen) atoms. The van der Waals surface area contributed by atoms with E-state index in [1.165, 1.54) is 4.31 Å². The molecule has 172 valence electrons. The van der Waals surface area contributed by atoms with Crippen LogP contribution in [0.4, 0.5) is 5.69 Å². The first kappa shape index (κ1) is 23.5. The second-order valence-electron chi connectivity index (χ2n) is 7.94. The van der Waals surface area contributed by atoms with Crippen molar-refractivity contribution in [1.29, 1.82) is 0 Å². The van der Waals surface area contributed by atoms with Gasteiger partial charge in [0.1, 0.15) is 12.4 Å². The van der Waals surface area contributed by atoms with Crippen molar-refractivity contribution in [3.63, 3.8) is 0 Å². The number of amides is 1. The SMILES string of the molecule is O=C(Nc1ccc(OCc2ccccc2)cc1)[C@@H]1CCCN(S(=O)(=O)c2ccc(Br)cc2)C1. The Hall–Kier alpha value is -2.68. The molecule has 1 amide bonds. The van der Waals surface area contributed by atoms with Crippen molar-refractivity contribution in [1.82, 2.24) is 4.31 Å². The molecule has 4 rings (SSSR count). The summed E-state index contributed by atoms with van der Waals surface area (Å²) in [7, 11) is -3.64. The van der Waals surface area contributed by atoms with Crippen LogP contribution in [0.1, 0.15) is 18.4 Å². The van der Waals surface area contributed by atoms with E-state index in [1.54, 1.807) is 36.4 Å². The number of nitrogens with one attached hydrogen (secondary N) is 1. The molecule has 1 aliphatic heterocycles. The molecule has 3 aromatic carbocycles. The number of nitrogens with zero attached hydrogens (tertiary/aromatic N) is 1. The zero-order valence-electron chi connectivity index (χ0n) is 18.0. The minimum absolute atomic E-state index is 0.169. The summed E-state index contributed by atoms with van der Waals surface area (Å²) < 4.78 is 34.0. The van der Waals surface area contributed by atoms with Crippen molar-refractivity contribution in [2.45, 2.75) is 24.3 Å². The van der Waals surface area contributed by atoms with Gasteiger partial charge in [0.05, 0.1) is 10.8 Å². The van der Waals surface area contributed by atoms with Gasteiger partial charge in [0.2, 0.25) is 15.9 Å². The molecule has 1 aliphatic rings. The van der Waals surface area contributed by atoms with Crippen LogP contribution in [0.15, 0.2) is 88.2 Å². The summed E-state index contributed by atoms with van der Waals surface area (Å²) in [6.45, 7) is 1.05. The van der Waals surface area contributed by atoms with Crippen LogP contribution < -0.4 is 10.1 Å². The van der Waals surface area contributed by atoms with Crippen LogP contribution in [0, 0.1) is 5.92 Å². The smallest absolute Gasteiger partial charge is 0.243 e. The molecule has 1 heterocycles. The number of rotatable bonds is 7. The number of hydrogen-bond donors (Lipinski definition) is 1. The summed E-state index contributed by atoms with van der Waals surface area (Å²) in [5, 5.41) is 2.91. The summed E-state index contributed by atoms with van der Waals surface area (Å²) in [5.74, 6) is 0.128. The standard InChI is InChI=1S/C25H25BrN2O4S/c26-21-8-14-24(15-9-21)33(30,31)28-16-4-7-20(17-28)25(29)27-22-10-12-23(13-11-22)32-18-19-5-2-1-3-6-19/h1-3,5-6,8-15,20H,4,7,16-18H2,(H,27,29)/t20-/m1/s1. The van der Waals surface area contributed by atoms with E-state index in [0.717, 1.165) is 10.0 Å². The van der Waals surface area contributed by atoms with Crippen LogP contribution in [0.25, 0.3) is 0 Å². The fraction of sp³-hybridized carbons (Fsp3) is 0.240. The monoisotopic (exact) mass is 528 g/mol. The summed E-state index contributed by atoms with van der Waals surface area (Å²) in [5.41, 5.74) is 1.73. The Kier molecular flexibility index (Phi) is 7.47. The minimum Gasteiger partial charge on any atom is -0.489 e. The topological polar surface area (TPSA) is 75.7 Å². The van der Waals surface area contributed by atoms with E-state index in [-0.39, 0.29) is 17.3 Å². The number of carbonyl (C=O) groups excluding carboxylic acids is 1. The Labute approximate surface area is 202 Å². The van der Waals surface area contributed by atoms with Gasteiger partial charge in [-0.25, -0.2) is 8.42 Å². The van der Waals surface area contributed by atoms with Gasteiger partial charge in [0, 0.05) is 23.2 Å². The van der Waals surface area contributed by atoms with Crippen molar-refractivity contribution in [2.24, 2.45) is 5.92 Å². The number of piperidine rings is 1. The van der Waals surface area contributed by atoms with Gasteiger partial charge in [0.15, 0.2) is 0 Å². The van der Waals surface area contributed by atoms with Gasteiger partial charge >= 0.3 is 0 Å². The predicted molar refractivity (Wildman–Crippen MR) is 131 cm³/mol. The first-order chi connectivity index (χ1) is 15.9.